The Morgan fingerprint density at radius 1 is 1.33 bits per heavy atom. The molecule has 1 amide bonds. The third kappa shape index (κ3) is 2.74. The highest BCUT2D eigenvalue weighted by atomic mass is 16.2. The maximum Gasteiger partial charge on any atom is 0.332 e. The van der Waals surface area contributed by atoms with Crippen LogP contribution in [0.15, 0.2) is 15.9 Å². The van der Waals surface area contributed by atoms with Gasteiger partial charge in [0, 0.05) is 20.6 Å². The normalized spacial score (nSPS) is 11.3. The molecule has 2 aromatic heterocycles. The molecule has 2 heterocycles. The molecule has 0 saturated carbocycles. The number of rotatable bonds is 4. The van der Waals surface area contributed by atoms with Gasteiger partial charge in [-0.2, -0.15) is 0 Å². The first-order valence-electron chi connectivity index (χ1n) is 6.70. The zero-order chi connectivity index (χ0) is 15.7. The molecule has 1 N–H and O–H groups in total. The number of carbonyl (C=O) groups excluding carboxylic acids is 1. The predicted octanol–water partition coefficient (Wildman–Crippen LogP) is -0.794. The second-order valence-electron chi connectivity index (χ2n) is 5.46. The van der Waals surface area contributed by atoms with Crippen molar-refractivity contribution in [1.82, 2.24) is 24.0 Å². The Morgan fingerprint density at radius 3 is 2.62 bits per heavy atom. The van der Waals surface area contributed by atoms with Crippen LogP contribution in [0.3, 0.4) is 0 Å². The van der Waals surface area contributed by atoms with E-state index in [0.29, 0.717) is 23.6 Å². The number of imidazole rings is 1. The number of fused-ring (bicyclic) bond motifs is 1. The van der Waals surface area contributed by atoms with Crippen molar-refractivity contribution in [3.8, 4) is 0 Å². The lowest BCUT2D eigenvalue weighted by atomic mass is 10.2. The van der Waals surface area contributed by atoms with Gasteiger partial charge in [0.05, 0.1) is 6.33 Å². The standard InChI is InChI=1S/C13H19N5O3/c1-8(2)5-14-9(19)6-18-12(20)10-11(15-7-16(10)3)17(4)13(18)21/h7-8H,5-6H2,1-4H3,(H,14,19). The number of aryl methyl sites for hydroxylation is 2. The lowest BCUT2D eigenvalue weighted by Gasteiger charge is -2.10. The number of aromatic nitrogens is 4. The summed E-state index contributed by atoms with van der Waals surface area (Å²) in [6.07, 6.45) is 1.47. The summed E-state index contributed by atoms with van der Waals surface area (Å²) in [7, 11) is 3.20. The van der Waals surface area contributed by atoms with Gasteiger partial charge in [-0.15, -0.1) is 0 Å². The Hall–Kier alpha value is -2.38. The molecule has 0 radical (unpaired) electrons. The SMILES string of the molecule is CC(C)CNC(=O)Cn1c(=O)c2c(ncn2C)n(C)c1=O. The smallest absolute Gasteiger partial charge is 0.332 e. The summed E-state index contributed by atoms with van der Waals surface area (Å²) in [5.41, 5.74) is -0.446. The van der Waals surface area contributed by atoms with E-state index >= 15 is 0 Å². The van der Waals surface area contributed by atoms with E-state index in [0.717, 1.165) is 4.57 Å². The van der Waals surface area contributed by atoms with Crippen molar-refractivity contribution in [3.63, 3.8) is 0 Å². The average molecular weight is 293 g/mol. The maximum absolute atomic E-state index is 12.4. The first-order valence-corrected chi connectivity index (χ1v) is 6.70. The molecule has 21 heavy (non-hydrogen) atoms. The molecule has 114 valence electrons. The highest BCUT2D eigenvalue weighted by molar-refractivity contribution is 5.76. The van der Waals surface area contributed by atoms with E-state index in [1.807, 2.05) is 13.8 Å². The molecule has 0 aliphatic carbocycles. The van der Waals surface area contributed by atoms with E-state index in [-0.39, 0.29) is 12.5 Å². The third-order valence-electron chi connectivity index (χ3n) is 3.21. The molecule has 2 aromatic rings. The largest absolute Gasteiger partial charge is 0.354 e. The summed E-state index contributed by atoms with van der Waals surface area (Å²) >= 11 is 0. The number of nitrogens with one attached hydrogen (secondary N) is 1. The van der Waals surface area contributed by atoms with Crippen LogP contribution in [-0.2, 0) is 25.4 Å². The van der Waals surface area contributed by atoms with Crippen LogP contribution in [0.5, 0.6) is 0 Å². The summed E-state index contributed by atoms with van der Waals surface area (Å²) in [6, 6.07) is 0. The first kappa shape index (κ1) is 15.0. The van der Waals surface area contributed by atoms with Crippen molar-refractivity contribution in [3.05, 3.63) is 27.2 Å². The van der Waals surface area contributed by atoms with Gasteiger partial charge in [0.1, 0.15) is 6.54 Å². The number of carbonyl (C=O) groups is 1. The molecule has 0 aliphatic heterocycles. The van der Waals surface area contributed by atoms with E-state index < -0.39 is 11.2 Å². The molecule has 0 spiro atoms. The molecule has 0 bridgehead atoms. The summed E-state index contributed by atoms with van der Waals surface area (Å²) in [4.78, 5) is 40.4. The molecule has 0 unspecified atom stereocenters. The fraction of sp³-hybridized carbons (Fsp3) is 0.538. The van der Waals surface area contributed by atoms with Crippen LogP contribution in [0, 0.1) is 5.92 Å². The van der Waals surface area contributed by atoms with Crippen LogP contribution in [0.25, 0.3) is 11.2 Å². The lowest BCUT2D eigenvalue weighted by molar-refractivity contribution is -0.121. The van der Waals surface area contributed by atoms with Gasteiger partial charge in [-0.25, -0.2) is 14.3 Å². The van der Waals surface area contributed by atoms with Gasteiger partial charge < -0.3 is 9.88 Å². The van der Waals surface area contributed by atoms with Gasteiger partial charge in [0.2, 0.25) is 5.91 Å². The van der Waals surface area contributed by atoms with Gasteiger partial charge in [-0.05, 0) is 5.92 Å². The highest BCUT2D eigenvalue weighted by Crippen LogP contribution is 2.02. The molecular weight excluding hydrogens is 274 g/mol. The van der Waals surface area contributed by atoms with E-state index in [2.05, 4.69) is 10.3 Å². The summed E-state index contributed by atoms with van der Waals surface area (Å²) in [6.45, 7) is 4.14. The number of hydrogen-bond donors (Lipinski definition) is 1. The monoisotopic (exact) mass is 293 g/mol. The third-order valence-corrected chi connectivity index (χ3v) is 3.21. The molecule has 0 saturated heterocycles. The highest BCUT2D eigenvalue weighted by Gasteiger charge is 2.16. The fourth-order valence-electron chi connectivity index (χ4n) is 2.05. The van der Waals surface area contributed by atoms with E-state index in [1.54, 1.807) is 11.6 Å². The molecule has 2 rings (SSSR count). The minimum Gasteiger partial charge on any atom is -0.354 e. The minimum atomic E-state index is -0.550. The number of nitrogens with zero attached hydrogens (tertiary/aromatic N) is 4. The van der Waals surface area contributed by atoms with Gasteiger partial charge >= 0.3 is 5.69 Å². The van der Waals surface area contributed by atoms with Crippen molar-refractivity contribution in [2.45, 2.75) is 20.4 Å². The van der Waals surface area contributed by atoms with Crippen molar-refractivity contribution in [2.75, 3.05) is 6.54 Å². The fourth-order valence-corrected chi connectivity index (χ4v) is 2.05. The van der Waals surface area contributed by atoms with Gasteiger partial charge in [0.25, 0.3) is 5.56 Å². The molecular formula is C13H19N5O3. The van der Waals surface area contributed by atoms with Crippen LogP contribution in [0.2, 0.25) is 0 Å². The number of amides is 1. The van der Waals surface area contributed by atoms with Crippen LogP contribution in [-0.4, -0.2) is 31.1 Å². The Labute approximate surface area is 121 Å². The first-order chi connectivity index (χ1) is 9.82. The maximum atomic E-state index is 12.4. The van der Waals surface area contributed by atoms with Gasteiger partial charge in [0.15, 0.2) is 11.2 Å². The Kier molecular flexibility index (Phi) is 3.97. The average Bonchev–Trinajstić information content (AvgIpc) is 2.81. The second kappa shape index (κ2) is 5.55. The predicted molar refractivity (Wildman–Crippen MR) is 78.1 cm³/mol. The minimum absolute atomic E-state index is 0.292. The van der Waals surface area contributed by atoms with E-state index in [9.17, 15) is 14.4 Å². The second-order valence-corrected chi connectivity index (χ2v) is 5.46. The molecule has 8 heteroatoms. The van der Waals surface area contributed by atoms with Crippen LogP contribution in [0.4, 0.5) is 0 Å². The zero-order valence-corrected chi connectivity index (χ0v) is 12.6. The van der Waals surface area contributed by atoms with Crippen LogP contribution in [0.1, 0.15) is 13.8 Å². The van der Waals surface area contributed by atoms with E-state index in [4.69, 9.17) is 0 Å². The summed E-state index contributed by atoms with van der Waals surface area (Å²) in [5, 5.41) is 2.69. The van der Waals surface area contributed by atoms with Crippen molar-refractivity contribution >= 4 is 17.1 Å². The quantitative estimate of drug-likeness (QED) is 0.799. The van der Waals surface area contributed by atoms with Crippen LogP contribution < -0.4 is 16.6 Å². The Bertz CT molecular complexity index is 796. The summed E-state index contributed by atoms with van der Waals surface area (Å²) < 4.78 is 3.74. The Morgan fingerprint density at radius 2 is 2.00 bits per heavy atom. The lowest BCUT2D eigenvalue weighted by Crippen LogP contribution is -2.44. The molecule has 8 nitrogen and oxygen atoms in total. The molecule has 0 aromatic carbocycles. The Balaban J connectivity index is 2.45. The summed E-state index contributed by atoms with van der Waals surface area (Å²) in [5.74, 6) is -0.0579. The number of hydrogen-bond acceptors (Lipinski definition) is 4. The topological polar surface area (TPSA) is 90.9 Å². The molecule has 0 atom stereocenters. The van der Waals surface area contributed by atoms with Crippen molar-refractivity contribution in [1.29, 1.82) is 0 Å². The molecule has 0 aliphatic rings. The van der Waals surface area contributed by atoms with Crippen molar-refractivity contribution in [2.24, 2.45) is 20.0 Å². The zero-order valence-electron chi connectivity index (χ0n) is 12.6. The molecule has 0 fully saturated rings. The van der Waals surface area contributed by atoms with Crippen LogP contribution >= 0.6 is 0 Å². The van der Waals surface area contributed by atoms with Gasteiger partial charge in [-0.3, -0.25) is 14.2 Å². The van der Waals surface area contributed by atoms with Crippen molar-refractivity contribution < 1.29 is 4.79 Å². The van der Waals surface area contributed by atoms with E-state index in [1.165, 1.54) is 17.9 Å². The van der Waals surface area contributed by atoms with Gasteiger partial charge in [-0.1, -0.05) is 13.8 Å².